The Morgan fingerprint density at radius 2 is 2.00 bits per heavy atom. The zero-order valence-electron chi connectivity index (χ0n) is 12.4. The molecule has 1 rings (SSSR count). The molecule has 0 radical (unpaired) electrons. The van der Waals surface area contributed by atoms with Crippen LogP contribution in [0.25, 0.3) is 0 Å². The van der Waals surface area contributed by atoms with Crippen molar-refractivity contribution in [3.63, 3.8) is 0 Å². The van der Waals surface area contributed by atoms with Gasteiger partial charge >= 0.3 is 0 Å². The van der Waals surface area contributed by atoms with Gasteiger partial charge in [0, 0.05) is 0 Å². The van der Waals surface area contributed by atoms with E-state index in [0.29, 0.717) is 11.8 Å². The lowest BCUT2D eigenvalue weighted by Gasteiger charge is -2.23. The van der Waals surface area contributed by atoms with Crippen LogP contribution in [-0.2, 0) is 0 Å². The van der Waals surface area contributed by atoms with E-state index >= 15 is 0 Å². The fourth-order valence-corrected chi connectivity index (χ4v) is 1.69. The van der Waals surface area contributed by atoms with Gasteiger partial charge in [-0.2, -0.15) is 5.26 Å². The number of nitrogens with zero attached hydrogens (tertiary/aromatic N) is 3. The maximum Gasteiger partial charge on any atom is 0.183 e. The van der Waals surface area contributed by atoms with Crippen LogP contribution in [0.3, 0.4) is 0 Å². The van der Waals surface area contributed by atoms with Crippen LogP contribution in [0.4, 0.5) is 5.69 Å². The van der Waals surface area contributed by atoms with Crippen molar-refractivity contribution < 1.29 is 9.22 Å². The summed E-state index contributed by atoms with van der Waals surface area (Å²) in [5.41, 5.74) is 0.788. The minimum absolute atomic E-state index is 0.575. The van der Waals surface area contributed by atoms with Crippen molar-refractivity contribution in [1.82, 2.24) is 5.32 Å². The summed E-state index contributed by atoms with van der Waals surface area (Å²) in [7, 11) is 6.40. The monoisotopic (exact) mass is 293 g/mol. The van der Waals surface area contributed by atoms with Crippen molar-refractivity contribution in [2.75, 3.05) is 40.6 Å². The molecule has 1 aromatic rings. The number of hydrogen-bond donors (Lipinski definition) is 1. The number of aliphatic imine (C=N–C) groups is 1. The number of nitrogens with one attached hydrogen (secondary N) is 1. The summed E-state index contributed by atoms with van der Waals surface area (Å²) in [5.74, 6) is 0.830. The van der Waals surface area contributed by atoms with Gasteiger partial charge in [-0.15, -0.1) is 0 Å². The van der Waals surface area contributed by atoms with E-state index < -0.39 is 0 Å². The first-order valence-electron chi connectivity index (χ1n) is 6.26. The molecule has 0 aromatic heterocycles. The molecule has 0 unspecified atom stereocenters. The second-order valence-corrected chi connectivity index (χ2v) is 6.01. The lowest BCUT2D eigenvalue weighted by molar-refractivity contribution is -0.870. The molecule has 6 heteroatoms. The Kier molecular flexibility index (Phi) is 6.36. The van der Waals surface area contributed by atoms with Crippen molar-refractivity contribution in [3.8, 4) is 11.9 Å². The van der Waals surface area contributed by atoms with E-state index in [-0.39, 0.29) is 0 Å². The van der Waals surface area contributed by atoms with Gasteiger partial charge in [0.25, 0.3) is 0 Å². The van der Waals surface area contributed by atoms with Crippen molar-refractivity contribution in [2.45, 2.75) is 0 Å². The molecule has 0 aliphatic heterocycles. The standard InChI is InChI=1S/C14H21N4OS/c1-18(2,3)9-10-19-13-7-5-12(6-8-13)17-14(20-4)16-11-15/h5-8H,9-10H2,1-4H3,(H,16,17)/q+1. The van der Waals surface area contributed by atoms with E-state index in [1.165, 1.54) is 11.8 Å². The van der Waals surface area contributed by atoms with E-state index in [0.717, 1.165) is 22.5 Å². The SMILES string of the molecule is CSC(=Nc1ccc(OCC[N+](C)(C)C)cc1)NC#N. The molecule has 1 aromatic carbocycles. The Morgan fingerprint density at radius 1 is 1.35 bits per heavy atom. The van der Waals surface area contributed by atoms with Gasteiger partial charge in [0.05, 0.1) is 26.8 Å². The summed E-state index contributed by atoms with van der Waals surface area (Å²) in [6, 6.07) is 7.52. The van der Waals surface area contributed by atoms with Gasteiger partial charge in [0.15, 0.2) is 11.4 Å². The van der Waals surface area contributed by atoms with Gasteiger partial charge in [-0.25, -0.2) is 4.99 Å². The first kappa shape index (κ1) is 16.3. The predicted octanol–water partition coefficient (Wildman–Crippen LogP) is 2.19. The van der Waals surface area contributed by atoms with Crippen LogP contribution in [0.2, 0.25) is 0 Å². The van der Waals surface area contributed by atoms with Gasteiger partial charge in [-0.05, 0) is 30.5 Å². The summed E-state index contributed by atoms with van der Waals surface area (Å²) >= 11 is 1.39. The Hall–Kier alpha value is -1.71. The average molecular weight is 293 g/mol. The lowest BCUT2D eigenvalue weighted by Crippen LogP contribution is -2.38. The molecular weight excluding hydrogens is 272 g/mol. The molecule has 0 spiro atoms. The number of benzene rings is 1. The highest BCUT2D eigenvalue weighted by Gasteiger charge is 2.06. The largest absolute Gasteiger partial charge is 0.488 e. The van der Waals surface area contributed by atoms with E-state index in [2.05, 4.69) is 31.5 Å². The maximum absolute atomic E-state index is 8.58. The van der Waals surface area contributed by atoms with E-state index in [1.54, 1.807) is 0 Å². The van der Waals surface area contributed by atoms with E-state index in [9.17, 15) is 0 Å². The molecule has 0 aliphatic rings. The summed E-state index contributed by atoms with van der Waals surface area (Å²) < 4.78 is 6.55. The molecule has 108 valence electrons. The van der Waals surface area contributed by atoms with Crippen molar-refractivity contribution in [3.05, 3.63) is 24.3 Å². The van der Waals surface area contributed by atoms with Gasteiger partial charge < -0.3 is 9.22 Å². The summed E-state index contributed by atoms with van der Waals surface area (Å²) in [5, 5.41) is 11.7. The molecule has 0 amide bonds. The first-order chi connectivity index (χ1) is 9.44. The minimum atomic E-state index is 0.575. The third kappa shape index (κ3) is 6.45. The van der Waals surface area contributed by atoms with Crippen LogP contribution in [0.1, 0.15) is 0 Å². The van der Waals surface area contributed by atoms with Crippen molar-refractivity contribution in [2.24, 2.45) is 4.99 Å². The second kappa shape index (κ2) is 7.78. The Bertz CT molecular complexity index is 485. The number of ether oxygens (including phenoxy) is 1. The molecule has 0 saturated carbocycles. The second-order valence-electron chi connectivity index (χ2n) is 5.21. The van der Waals surface area contributed by atoms with Crippen molar-refractivity contribution >= 4 is 22.6 Å². The van der Waals surface area contributed by atoms with Crippen LogP contribution in [-0.4, -0.2) is 50.2 Å². The minimum Gasteiger partial charge on any atom is -0.488 e. The zero-order chi connectivity index (χ0) is 15.0. The molecule has 1 N–H and O–H groups in total. The normalized spacial score (nSPS) is 11.8. The first-order valence-corrected chi connectivity index (χ1v) is 7.48. The fourth-order valence-electron chi connectivity index (χ4n) is 1.34. The number of hydrogen-bond acceptors (Lipinski definition) is 4. The Balaban J connectivity index is 2.58. The number of quaternary nitrogens is 1. The average Bonchev–Trinajstić information content (AvgIpc) is 2.38. The molecule has 0 bridgehead atoms. The molecule has 0 saturated heterocycles. The maximum atomic E-state index is 8.58. The highest BCUT2D eigenvalue weighted by molar-refractivity contribution is 8.13. The van der Waals surface area contributed by atoms with Crippen LogP contribution >= 0.6 is 11.8 Å². The molecule has 5 nitrogen and oxygen atoms in total. The topological polar surface area (TPSA) is 57.4 Å². The highest BCUT2D eigenvalue weighted by atomic mass is 32.2. The smallest absolute Gasteiger partial charge is 0.183 e. The lowest BCUT2D eigenvalue weighted by atomic mass is 10.3. The highest BCUT2D eigenvalue weighted by Crippen LogP contribution is 2.19. The molecule has 0 atom stereocenters. The zero-order valence-corrected chi connectivity index (χ0v) is 13.2. The summed E-state index contributed by atoms with van der Waals surface area (Å²) in [6.07, 6.45) is 3.73. The quantitative estimate of drug-likeness (QED) is 0.297. The van der Waals surface area contributed by atoms with Crippen LogP contribution in [0.5, 0.6) is 5.75 Å². The van der Waals surface area contributed by atoms with Gasteiger partial charge in [0.1, 0.15) is 18.9 Å². The molecule has 0 heterocycles. The van der Waals surface area contributed by atoms with E-state index in [1.807, 2.05) is 36.7 Å². The number of rotatable bonds is 5. The Labute approximate surface area is 124 Å². The molecule has 0 fully saturated rings. The van der Waals surface area contributed by atoms with Crippen LogP contribution in [0.15, 0.2) is 29.3 Å². The molecular formula is C14H21N4OS+. The number of amidine groups is 1. The molecule has 20 heavy (non-hydrogen) atoms. The number of nitriles is 1. The summed E-state index contributed by atoms with van der Waals surface area (Å²) in [4.78, 5) is 4.31. The van der Waals surface area contributed by atoms with Gasteiger partial charge in [-0.3, -0.25) is 5.32 Å². The van der Waals surface area contributed by atoms with Gasteiger partial charge in [-0.1, -0.05) is 11.8 Å². The predicted molar refractivity (Wildman–Crippen MR) is 84.2 cm³/mol. The Morgan fingerprint density at radius 3 is 2.50 bits per heavy atom. The van der Waals surface area contributed by atoms with Crippen LogP contribution < -0.4 is 10.1 Å². The van der Waals surface area contributed by atoms with E-state index in [4.69, 9.17) is 10.00 Å². The van der Waals surface area contributed by atoms with Gasteiger partial charge in [0.2, 0.25) is 0 Å². The number of likely N-dealkylation sites (N-methyl/N-ethyl adjacent to an activating group) is 1. The third-order valence-corrected chi connectivity index (χ3v) is 3.03. The number of thioether (sulfide) groups is 1. The third-order valence-electron chi connectivity index (χ3n) is 2.45. The van der Waals surface area contributed by atoms with Crippen LogP contribution in [0, 0.1) is 11.5 Å². The fraction of sp³-hybridized carbons (Fsp3) is 0.429. The summed E-state index contributed by atoms with van der Waals surface area (Å²) in [6.45, 7) is 1.63. The molecule has 0 aliphatic carbocycles. The van der Waals surface area contributed by atoms with Crippen molar-refractivity contribution in [1.29, 1.82) is 5.26 Å².